The maximum absolute atomic E-state index is 13.2. The number of hydrogen-bond donors (Lipinski definition) is 2. The lowest BCUT2D eigenvalue weighted by Crippen LogP contribution is -2.38. The van der Waals surface area contributed by atoms with E-state index < -0.39 is 0 Å². The van der Waals surface area contributed by atoms with Crippen molar-refractivity contribution in [1.29, 1.82) is 0 Å². The lowest BCUT2D eigenvalue weighted by molar-refractivity contribution is 0.0923. The first kappa shape index (κ1) is 25.1. The SMILES string of the molecule is CNC(=O)c1cnc2c(c1)cc(-c1ccccc1)n2[C@H]1CCC[C@H](NC(=O)c2ccc(-c3ccccc3)s2)C1. The van der Waals surface area contributed by atoms with E-state index in [0.29, 0.717) is 5.56 Å². The molecular formula is C32H30N4O2S. The van der Waals surface area contributed by atoms with E-state index in [1.165, 1.54) is 11.3 Å². The lowest BCUT2D eigenvalue weighted by atomic mass is 9.90. The molecule has 1 saturated carbocycles. The Morgan fingerprint density at radius 1 is 0.897 bits per heavy atom. The molecule has 1 fully saturated rings. The van der Waals surface area contributed by atoms with Crippen LogP contribution in [0.4, 0.5) is 0 Å². The van der Waals surface area contributed by atoms with E-state index in [4.69, 9.17) is 4.98 Å². The van der Waals surface area contributed by atoms with Gasteiger partial charge in [0.25, 0.3) is 11.8 Å². The first-order valence-electron chi connectivity index (χ1n) is 13.4. The van der Waals surface area contributed by atoms with Gasteiger partial charge in [-0.1, -0.05) is 60.7 Å². The molecule has 6 nitrogen and oxygen atoms in total. The Morgan fingerprint density at radius 2 is 1.64 bits per heavy atom. The molecule has 0 saturated heterocycles. The highest BCUT2D eigenvalue weighted by Crippen LogP contribution is 2.37. The molecule has 1 aliphatic carbocycles. The van der Waals surface area contributed by atoms with Gasteiger partial charge in [-0.05, 0) is 61.1 Å². The maximum Gasteiger partial charge on any atom is 0.261 e. The first-order valence-corrected chi connectivity index (χ1v) is 14.2. The van der Waals surface area contributed by atoms with Crippen molar-refractivity contribution in [2.24, 2.45) is 0 Å². The number of thiophene rings is 1. The van der Waals surface area contributed by atoms with Gasteiger partial charge in [-0.25, -0.2) is 4.98 Å². The summed E-state index contributed by atoms with van der Waals surface area (Å²) in [5.74, 6) is -0.162. The highest BCUT2D eigenvalue weighted by molar-refractivity contribution is 7.17. The van der Waals surface area contributed by atoms with Crippen molar-refractivity contribution >= 4 is 34.2 Å². The highest BCUT2D eigenvalue weighted by Gasteiger charge is 2.28. The summed E-state index contributed by atoms with van der Waals surface area (Å²) >= 11 is 1.53. The first-order chi connectivity index (χ1) is 19.1. The van der Waals surface area contributed by atoms with Crippen molar-refractivity contribution in [3.05, 3.63) is 102 Å². The average molecular weight is 535 g/mol. The zero-order valence-electron chi connectivity index (χ0n) is 21.8. The van der Waals surface area contributed by atoms with Gasteiger partial charge in [0.1, 0.15) is 5.65 Å². The predicted octanol–water partition coefficient (Wildman–Crippen LogP) is 6.71. The maximum atomic E-state index is 13.2. The van der Waals surface area contributed by atoms with E-state index in [1.807, 2.05) is 54.6 Å². The van der Waals surface area contributed by atoms with Gasteiger partial charge >= 0.3 is 0 Å². The molecule has 196 valence electrons. The van der Waals surface area contributed by atoms with Crippen molar-refractivity contribution in [3.63, 3.8) is 0 Å². The minimum Gasteiger partial charge on any atom is -0.355 e. The minimum absolute atomic E-state index is 0.0122. The van der Waals surface area contributed by atoms with Crippen LogP contribution in [0.1, 0.15) is 51.8 Å². The standard InChI is InChI=1S/C32H30N4O2S/c1-33-31(37)24-17-23-18-27(21-9-4-2-5-10-21)36(30(23)34-20-24)26-14-8-13-25(19-26)35-32(38)29-16-15-28(39-29)22-11-6-3-7-12-22/h2-7,9-12,15-18,20,25-26H,8,13-14,19H2,1H3,(H,33,37)(H,35,38)/t25-,26-/m0/s1. The Kier molecular flexibility index (Phi) is 6.99. The fraction of sp³-hybridized carbons (Fsp3) is 0.219. The second kappa shape index (κ2) is 10.9. The molecule has 5 aromatic rings. The number of pyridine rings is 1. The number of rotatable bonds is 6. The summed E-state index contributed by atoms with van der Waals surface area (Å²) in [6.07, 6.45) is 5.44. The van der Waals surface area contributed by atoms with Gasteiger partial charge < -0.3 is 15.2 Å². The molecule has 2 atom stereocenters. The average Bonchev–Trinajstić information content (AvgIpc) is 3.63. The van der Waals surface area contributed by atoms with Crippen molar-refractivity contribution in [2.75, 3.05) is 7.05 Å². The van der Waals surface area contributed by atoms with Gasteiger partial charge in [0, 0.05) is 35.6 Å². The molecule has 6 rings (SSSR count). The van der Waals surface area contributed by atoms with E-state index >= 15 is 0 Å². The zero-order chi connectivity index (χ0) is 26.8. The summed E-state index contributed by atoms with van der Waals surface area (Å²) in [4.78, 5) is 32.1. The predicted molar refractivity (Wildman–Crippen MR) is 157 cm³/mol. The Hall–Kier alpha value is -4.23. The molecule has 1 aliphatic rings. The fourth-order valence-electron chi connectivity index (χ4n) is 5.59. The molecule has 2 amide bonds. The van der Waals surface area contributed by atoms with Crippen LogP contribution in [0.3, 0.4) is 0 Å². The third-order valence-electron chi connectivity index (χ3n) is 7.47. The summed E-state index contributed by atoms with van der Waals surface area (Å²) in [6.45, 7) is 0. The summed E-state index contributed by atoms with van der Waals surface area (Å²) in [5, 5.41) is 6.94. The Balaban J connectivity index is 1.27. The molecule has 3 aromatic heterocycles. The molecule has 0 bridgehead atoms. The van der Waals surface area contributed by atoms with E-state index in [2.05, 4.69) is 45.5 Å². The van der Waals surface area contributed by atoms with Crippen LogP contribution in [0, 0.1) is 0 Å². The summed E-state index contributed by atoms with van der Waals surface area (Å²) in [5.41, 5.74) is 4.72. The Labute approximate surface area is 231 Å². The highest BCUT2D eigenvalue weighted by atomic mass is 32.1. The van der Waals surface area contributed by atoms with Crippen LogP contribution >= 0.6 is 11.3 Å². The van der Waals surface area contributed by atoms with Crippen molar-refractivity contribution < 1.29 is 9.59 Å². The number of amides is 2. The molecule has 2 aromatic carbocycles. The van der Waals surface area contributed by atoms with Crippen molar-refractivity contribution in [2.45, 2.75) is 37.8 Å². The van der Waals surface area contributed by atoms with Crippen molar-refractivity contribution in [3.8, 4) is 21.7 Å². The van der Waals surface area contributed by atoms with Gasteiger partial charge in [0.15, 0.2) is 0 Å². The summed E-state index contributed by atoms with van der Waals surface area (Å²) < 4.78 is 2.31. The van der Waals surface area contributed by atoms with Crippen LogP contribution in [0.2, 0.25) is 0 Å². The Bertz CT molecular complexity index is 1620. The largest absolute Gasteiger partial charge is 0.355 e. The minimum atomic E-state index is -0.150. The molecule has 7 heteroatoms. The van der Waals surface area contributed by atoms with Gasteiger partial charge in [0.05, 0.1) is 16.1 Å². The quantitative estimate of drug-likeness (QED) is 0.254. The van der Waals surface area contributed by atoms with Crippen LogP contribution in [0.25, 0.3) is 32.7 Å². The number of carbonyl (C=O) groups is 2. The number of nitrogens with zero attached hydrogens (tertiary/aromatic N) is 2. The number of hydrogen-bond acceptors (Lipinski definition) is 4. The van der Waals surface area contributed by atoms with E-state index in [9.17, 15) is 9.59 Å². The van der Waals surface area contributed by atoms with E-state index in [1.54, 1.807) is 13.2 Å². The summed E-state index contributed by atoms with van der Waals surface area (Å²) in [7, 11) is 1.63. The van der Waals surface area contributed by atoms with Gasteiger partial charge in [-0.3, -0.25) is 9.59 Å². The van der Waals surface area contributed by atoms with Crippen LogP contribution < -0.4 is 10.6 Å². The van der Waals surface area contributed by atoms with E-state index in [0.717, 1.165) is 63.3 Å². The third-order valence-corrected chi connectivity index (χ3v) is 8.60. The van der Waals surface area contributed by atoms with Crippen LogP contribution in [-0.2, 0) is 0 Å². The Morgan fingerprint density at radius 3 is 2.38 bits per heavy atom. The van der Waals surface area contributed by atoms with Crippen LogP contribution in [-0.4, -0.2) is 34.5 Å². The second-order valence-electron chi connectivity index (χ2n) is 10.0. The molecule has 39 heavy (non-hydrogen) atoms. The summed E-state index contributed by atoms with van der Waals surface area (Å²) in [6, 6.07) is 28.7. The lowest BCUT2D eigenvalue weighted by Gasteiger charge is -2.32. The van der Waals surface area contributed by atoms with Gasteiger partial charge in [-0.15, -0.1) is 11.3 Å². The molecule has 0 spiro atoms. The second-order valence-corrected chi connectivity index (χ2v) is 11.1. The third kappa shape index (κ3) is 5.10. The monoisotopic (exact) mass is 534 g/mol. The molecule has 3 heterocycles. The van der Waals surface area contributed by atoms with Gasteiger partial charge in [-0.2, -0.15) is 0 Å². The fourth-order valence-corrected chi connectivity index (χ4v) is 6.50. The molecule has 0 radical (unpaired) electrons. The molecular weight excluding hydrogens is 504 g/mol. The number of benzene rings is 2. The zero-order valence-corrected chi connectivity index (χ0v) is 22.6. The van der Waals surface area contributed by atoms with Crippen LogP contribution in [0.5, 0.6) is 0 Å². The molecule has 0 aliphatic heterocycles. The van der Waals surface area contributed by atoms with Crippen molar-refractivity contribution in [1.82, 2.24) is 20.2 Å². The van der Waals surface area contributed by atoms with E-state index in [-0.39, 0.29) is 23.9 Å². The smallest absolute Gasteiger partial charge is 0.261 e. The number of carbonyl (C=O) groups excluding carboxylic acids is 2. The topological polar surface area (TPSA) is 76.0 Å². The van der Waals surface area contributed by atoms with Crippen LogP contribution in [0.15, 0.2) is 91.1 Å². The number of aromatic nitrogens is 2. The molecule has 2 N–H and O–H groups in total. The number of fused-ring (bicyclic) bond motifs is 1. The normalized spacial score (nSPS) is 17.2. The van der Waals surface area contributed by atoms with Gasteiger partial charge in [0.2, 0.25) is 0 Å². The molecule has 0 unspecified atom stereocenters. The number of nitrogens with one attached hydrogen (secondary N) is 2.